The normalized spacial score (nSPS) is 16.7. The first-order valence-electron chi connectivity index (χ1n) is 9.42. The zero-order valence-corrected chi connectivity index (χ0v) is 16.8. The number of imide groups is 1. The summed E-state index contributed by atoms with van der Waals surface area (Å²) in [5, 5.41) is 3.85. The number of halogens is 1. The Morgan fingerprint density at radius 3 is 2.48 bits per heavy atom. The van der Waals surface area contributed by atoms with Crippen molar-refractivity contribution < 1.29 is 9.59 Å². The molecule has 0 bridgehead atoms. The number of amides is 3. The second-order valence-electron chi connectivity index (χ2n) is 7.54. The molecule has 1 aliphatic heterocycles. The number of pyridine rings is 1. The number of hydrogen-bond donors (Lipinski definition) is 2. The molecule has 1 saturated heterocycles. The van der Waals surface area contributed by atoms with Gasteiger partial charge in [-0.2, -0.15) is 0 Å². The Morgan fingerprint density at radius 1 is 1.07 bits per heavy atom. The number of urea groups is 1. The molecule has 1 aromatic heterocycles. The quantitative estimate of drug-likeness (QED) is 0.629. The van der Waals surface area contributed by atoms with Crippen molar-refractivity contribution in [2.45, 2.75) is 26.3 Å². The minimum atomic E-state index is -0.652. The summed E-state index contributed by atoms with van der Waals surface area (Å²) in [4.78, 5) is 42.6. The summed E-state index contributed by atoms with van der Waals surface area (Å²) < 4.78 is 0. The summed E-state index contributed by atoms with van der Waals surface area (Å²) in [5.74, 6) is -0.209. The molecule has 148 valence electrons. The van der Waals surface area contributed by atoms with Gasteiger partial charge in [0.2, 0.25) is 0 Å². The number of anilines is 1. The van der Waals surface area contributed by atoms with E-state index in [0.717, 1.165) is 4.90 Å². The number of rotatable bonds is 4. The van der Waals surface area contributed by atoms with Crippen LogP contribution in [0.2, 0.25) is 5.02 Å². The highest BCUT2D eigenvalue weighted by atomic mass is 35.5. The van der Waals surface area contributed by atoms with E-state index in [0.29, 0.717) is 33.5 Å². The molecule has 3 aromatic rings. The van der Waals surface area contributed by atoms with Crippen LogP contribution in [-0.4, -0.2) is 23.0 Å². The van der Waals surface area contributed by atoms with Crippen LogP contribution in [0.5, 0.6) is 0 Å². The SMILES string of the molecule is CC(C)C[C@@H]1NC(=O)N(c2c(-c3ccccc3)c3cc(Cl)ccc3[nH]c2=O)C1=O. The number of nitrogens with one attached hydrogen (secondary N) is 2. The fourth-order valence-electron chi connectivity index (χ4n) is 3.74. The molecule has 0 spiro atoms. The first-order chi connectivity index (χ1) is 13.9. The molecule has 4 rings (SSSR count). The molecule has 29 heavy (non-hydrogen) atoms. The van der Waals surface area contributed by atoms with Crippen LogP contribution in [0.25, 0.3) is 22.0 Å². The molecule has 2 aromatic carbocycles. The number of nitrogens with zero attached hydrogens (tertiary/aromatic N) is 1. The van der Waals surface area contributed by atoms with Crippen LogP contribution in [0.3, 0.4) is 0 Å². The molecule has 0 saturated carbocycles. The van der Waals surface area contributed by atoms with Crippen molar-refractivity contribution in [3.63, 3.8) is 0 Å². The second kappa shape index (κ2) is 7.37. The van der Waals surface area contributed by atoms with Gasteiger partial charge in [0, 0.05) is 21.5 Å². The number of hydrogen-bond acceptors (Lipinski definition) is 3. The van der Waals surface area contributed by atoms with E-state index in [1.165, 1.54) is 0 Å². The zero-order valence-electron chi connectivity index (χ0n) is 16.0. The lowest BCUT2D eigenvalue weighted by Gasteiger charge is -2.19. The molecule has 2 N–H and O–H groups in total. The number of aromatic amines is 1. The topological polar surface area (TPSA) is 82.3 Å². The maximum absolute atomic E-state index is 13.1. The Bertz CT molecular complexity index is 1170. The Morgan fingerprint density at radius 2 is 1.79 bits per heavy atom. The van der Waals surface area contributed by atoms with E-state index in [-0.39, 0.29) is 11.6 Å². The van der Waals surface area contributed by atoms with E-state index in [1.54, 1.807) is 18.2 Å². The van der Waals surface area contributed by atoms with E-state index < -0.39 is 23.5 Å². The lowest BCUT2D eigenvalue weighted by atomic mass is 9.98. The maximum Gasteiger partial charge on any atom is 0.329 e. The standard InChI is InChI=1S/C22H20ClN3O3/c1-12(2)10-17-21(28)26(22(29)25-17)19-18(13-6-4-3-5-7-13)15-11-14(23)8-9-16(15)24-20(19)27/h3-9,11-12,17H,10H2,1-2H3,(H,24,27)(H,25,29)/t17-/m0/s1. The lowest BCUT2D eigenvalue weighted by Crippen LogP contribution is -2.36. The maximum atomic E-state index is 13.1. The van der Waals surface area contributed by atoms with Crippen LogP contribution < -0.4 is 15.8 Å². The zero-order chi connectivity index (χ0) is 20.7. The van der Waals surface area contributed by atoms with E-state index in [4.69, 9.17) is 11.6 Å². The average Bonchev–Trinajstić information content (AvgIpc) is 2.94. The molecule has 2 heterocycles. The van der Waals surface area contributed by atoms with Gasteiger partial charge in [-0.05, 0) is 36.1 Å². The van der Waals surface area contributed by atoms with Crippen molar-refractivity contribution >= 4 is 40.1 Å². The van der Waals surface area contributed by atoms with Crippen molar-refractivity contribution in [2.24, 2.45) is 5.92 Å². The molecule has 6 nitrogen and oxygen atoms in total. The van der Waals surface area contributed by atoms with Gasteiger partial charge in [-0.1, -0.05) is 55.8 Å². The largest absolute Gasteiger partial charge is 0.329 e. The van der Waals surface area contributed by atoms with Gasteiger partial charge in [-0.3, -0.25) is 9.59 Å². The minimum absolute atomic E-state index is 0.0136. The molecular formula is C22H20ClN3O3. The Labute approximate surface area is 172 Å². The number of H-pyrrole nitrogens is 1. The third-order valence-electron chi connectivity index (χ3n) is 4.96. The highest BCUT2D eigenvalue weighted by Crippen LogP contribution is 2.36. The average molecular weight is 410 g/mol. The van der Waals surface area contributed by atoms with Gasteiger partial charge < -0.3 is 10.3 Å². The molecule has 1 atom stereocenters. The number of fused-ring (bicyclic) bond motifs is 1. The van der Waals surface area contributed by atoms with Gasteiger partial charge in [-0.15, -0.1) is 0 Å². The third kappa shape index (κ3) is 3.40. The molecule has 0 radical (unpaired) electrons. The van der Waals surface area contributed by atoms with Crippen molar-refractivity contribution in [3.8, 4) is 11.1 Å². The fraction of sp³-hybridized carbons (Fsp3) is 0.227. The van der Waals surface area contributed by atoms with E-state index in [2.05, 4.69) is 10.3 Å². The lowest BCUT2D eigenvalue weighted by molar-refractivity contribution is -0.118. The van der Waals surface area contributed by atoms with E-state index in [1.807, 2.05) is 44.2 Å². The fourth-order valence-corrected chi connectivity index (χ4v) is 3.91. The van der Waals surface area contributed by atoms with E-state index >= 15 is 0 Å². The van der Waals surface area contributed by atoms with Crippen LogP contribution in [0.4, 0.5) is 10.5 Å². The van der Waals surface area contributed by atoms with Crippen molar-refractivity contribution in [1.82, 2.24) is 10.3 Å². The van der Waals surface area contributed by atoms with Gasteiger partial charge in [0.15, 0.2) is 0 Å². The van der Waals surface area contributed by atoms with Gasteiger partial charge in [-0.25, -0.2) is 9.69 Å². The third-order valence-corrected chi connectivity index (χ3v) is 5.20. The summed E-state index contributed by atoms with van der Waals surface area (Å²) in [6.07, 6.45) is 0.499. The van der Waals surface area contributed by atoms with Gasteiger partial charge >= 0.3 is 6.03 Å². The monoisotopic (exact) mass is 409 g/mol. The van der Waals surface area contributed by atoms with Crippen LogP contribution in [0, 0.1) is 5.92 Å². The van der Waals surface area contributed by atoms with Gasteiger partial charge in [0.1, 0.15) is 11.7 Å². The van der Waals surface area contributed by atoms with Crippen LogP contribution in [0.15, 0.2) is 53.3 Å². The van der Waals surface area contributed by atoms with Crippen molar-refractivity contribution in [3.05, 3.63) is 63.9 Å². The van der Waals surface area contributed by atoms with E-state index in [9.17, 15) is 14.4 Å². The van der Waals surface area contributed by atoms with Crippen molar-refractivity contribution in [2.75, 3.05) is 4.90 Å². The smallest absolute Gasteiger partial charge is 0.325 e. The first kappa shape index (κ1) is 19.2. The predicted octanol–water partition coefficient (Wildman–Crippen LogP) is 4.32. The van der Waals surface area contributed by atoms with Crippen LogP contribution >= 0.6 is 11.6 Å². The summed E-state index contributed by atoms with van der Waals surface area (Å²) in [7, 11) is 0. The minimum Gasteiger partial charge on any atom is -0.325 e. The Balaban J connectivity index is 2.00. The van der Waals surface area contributed by atoms with Gasteiger partial charge in [0.05, 0.1) is 0 Å². The van der Waals surface area contributed by atoms with Crippen molar-refractivity contribution in [1.29, 1.82) is 0 Å². The highest BCUT2D eigenvalue weighted by molar-refractivity contribution is 6.31. The van der Waals surface area contributed by atoms with Gasteiger partial charge in [0.25, 0.3) is 11.5 Å². The molecular weight excluding hydrogens is 390 g/mol. The summed E-state index contributed by atoms with van der Waals surface area (Å²) in [5.41, 5.74) is 1.30. The molecule has 0 aliphatic carbocycles. The second-order valence-corrected chi connectivity index (χ2v) is 7.98. The summed E-state index contributed by atoms with van der Waals surface area (Å²) in [6, 6.07) is 13.1. The number of benzene rings is 2. The first-order valence-corrected chi connectivity index (χ1v) is 9.80. The molecule has 0 unspecified atom stereocenters. The number of aromatic nitrogens is 1. The molecule has 1 aliphatic rings. The van der Waals surface area contributed by atoms with Crippen LogP contribution in [-0.2, 0) is 4.79 Å². The summed E-state index contributed by atoms with van der Waals surface area (Å²) in [6.45, 7) is 3.95. The number of carbonyl (C=O) groups is 2. The molecule has 1 fully saturated rings. The molecule has 3 amide bonds. The molecule has 7 heteroatoms. The van der Waals surface area contributed by atoms with Crippen LogP contribution in [0.1, 0.15) is 20.3 Å². The summed E-state index contributed by atoms with van der Waals surface area (Å²) >= 11 is 6.22. The predicted molar refractivity (Wildman–Crippen MR) is 114 cm³/mol. The number of carbonyl (C=O) groups excluding carboxylic acids is 2. The highest BCUT2D eigenvalue weighted by Gasteiger charge is 2.41. The Kier molecular flexibility index (Phi) is 4.88. The Hall–Kier alpha value is -3.12.